The third-order valence-corrected chi connectivity index (χ3v) is 0.791. The first-order valence-electron chi connectivity index (χ1n) is 2.81. The number of hydrogen-bond donors (Lipinski definition) is 2. The number of rotatable bonds is 5. The summed E-state index contributed by atoms with van der Waals surface area (Å²) in [5.41, 5.74) is 0. The van der Waals surface area contributed by atoms with Gasteiger partial charge in [-0.05, 0) is 13.0 Å². The SMILES string of the molecule is [O]CCNCCCO. The zero-order valence-electron chi connectivity index (χ0n) is 4.89. The zero-order valence-corrected chi connectivity index (χ0v) is 4.89. The highest BCUT2D eigenvalue weighted by molar-refractivity contribution is 4.42. The molecule has 0 aliphatic rings. The topological polar surface area (TPSA) is 52.2 Å². The van der Waals surface area contributed by atoms with Crippen molar-refractivity contribution < 1.29 is 10.2 Å². The highest BCUT2D eigenvalue weighted by Gasteiger charge is 1.82. The first-order valence-corrected chi connectivity index (χ1v) is 2.81. The van der Waals surface area contributed by atoms with Crippen molar-refractivity contribution in [2.24, 2.45) is 0 Å². The van der Waals surface area contributed by atoms with Crippen LogP contribution in [-0.4, -0.2) is 31.4 Å². The van der Waals surface area contributed by atoms with E-state index < -0.39 is 0 Å². The van der Waals surface area contributed by atoms with Gasteiger partial charge in [-0.3, -0.25) is 0 Å². The van der Waals surface area contributed by atoms with Gasteiger partial charge in [-0.1, -0.05) is 0 Å². The number of hydrogen-bond acceptors (Lipinski definition) is 2. The van der Waals surface area contributed by atoms with Crippen molar-refractivity contribution in [3.05, 3.63) is 0 Å². The van der Waals surface area contributed by atoms with Gasteiger partial charge in [0.15, 0.2) is 0 Å². The van der Waals surface area contributed by atoms with E-state index in [0.717, 1.165) is 13.0 Å². The molecule has 0 aromatic rings. The molecule has 0 aromatic carbocycles. The maximum atomic E-state index is 9.77. The highest BCUT2D eigenvalue weighted by atomic mass is 16.3. The van der Waals surface area contributed by atoms with Gasteiger partial charge < -0.3 is 10.4 Å². The first kappa shape index (κ1) is 7.88. The van der Waals surface area contributed by atoms with Gasteiger partial charge in [0.1, 0.15) is 0 Å². The Morgan fingerprint density at radius 2 is 2.12 bits per heavy atom. The van der Waals surface area contributed by atoms with Crippen molar-refractivity contribution in [3.63, 3.8) is 0 Å². The van der Waals surface area contributed by atoms with E-state index in [9.17, 15) is 5.11 Å². The molecule has 0 heterocycles. The van der Waals surface area contributed by atoms with E-state index in [1.165, 1.54) is 0 Å². The predicted molar refractivity (Wildman–Crippen MR) is 30.1 cm³/mol. The molecule has 0 amide bonds. The normalized spacial score (nSPS) is 9.75. The van der Waals surface area contributed by atoms with Crippen LogP contribution in [-0.2, 0) is 5.11 Å². The van der Waals surface area contributed by atoms with Gasteiger partial charge in [-0.25, -0.2) is 5.11 Å². The molecular weight excluding hydrogens is 106 g/mol. The Bertz CT molecular complexity index is 35.4. The van der Waals surface area contributed by atoms with Gasteiger partial charge >= 0.3 is 0 Å². The minimum absolute atomic E-state index is 0.0779. The molecule has 0 aromatic heterocycles. The fourth-order valence-corrected chi connectivity index (χ4v) is 0.401. The van der Waals surface area contributed by atoms with Crippen LogP contribution in [0, 0.1) is 0 Å². The minimum Gasteiger partial charge on any atom is -0.396 e. The molecule has 2 N–H and O–H groups in total. The lowest BCUT2D eigenvalue weighted by molar-refractivity contribution is 0.192. The van der Waals surface area contributed by atoms with Crippen LogP contribution in [0.25, 0.3) is 0 Å². The minimum atomic E-state index is -0.0779. The molecular formula is C5H12NO2. The molecule has 3 nitrogen and oxygen atoms in total. The second-order valence-electron chi connectivity index (χ2n) is 1.53. The molecule has 0 unspecified atom stereocenters. The summed E-state index contributed by atoms with van der Waals surface area (Å²) in [5.74, 6) is 0. The Morgan fingerprint density at radius 3 is 2.62 bits per heavy atom. The molecule has 49 valence electrons. The van der Waals surface area contributed by atoms with Gasteiger partial charge in [-0.2, -0.15) is 0 Å². The van der Waals surface area contributed by atoms with Crippen molar-refractivity contribution in [1.29, 1.82) is 0 Å². The maximum absolute atomic E-state index is 9.77. The number of aliphatic hydroxyl groups excluding tert-OH is 1. The predicted octanol–water partition coefficient (Wildman–Crippen LogP) is -0.611. The molecule has 0 fully saturated rings. The standard InChI is InChI=1S/C5H12NO2/c7-4-1-2-6-3-5-8/h6-7H,1-5H2. The molecule has 0 spiro atoms. The van der Waals surface area contributed by atoms with Crippen LogP contribution in [0.5, 0.6) is 0 Å². The lowest BCUT2D eigenvalue weighted by Gasteiger charge is -1.96. The van der Waals surface area contributed by atoms with Crippen LogP contribution >= 0.6 is 0 Å². The van der Waals surface area contributed by atoms with Crippen LogP contribution in [0.15, 0.2) is 0 Å². The van der Waals surface area contributed by atoms with Crippen molar-refractivity contribution in [3.8, 4) is 0 Å². The fraction of sp³-hybridized carbons (Fsp3) is 1.00. The Balaban J connectivity index is 2.53. The monoisotopic (exact) mass is 118 g/mol. The lowest BCUT2D eigenvalue weighted by atomic mass is 10.4. The Kier molecular flexibility index (Phi) is 6.78. The molecule has 3 heteroatoms. The van der Waals surface area contributed by atoms with Crippen molar-refractivity contribution >= 4 is 0 Å². The summed E-state index contributed by atoms with van der Waals surface area (Å²) in [5, 5.41) is 20.9. The first-order chi connectivity index (χ1) is 3.91. The van der Waals surface area contributed by atoms with Crippen LogP contribution in [0.3, 0.4) is 0 Å². The molecule has 0 saturated heterocycles. The van der Waals surface area contributed by atoms with Gasteiger partial charge in [0.2, 0.25) is 0 Å². The van der Waals surface area contributed by atoms with Crippen molar-refractivity contribution in [2.75, 3.05) is 26.3 Å². The summed E-state index contributed by atoms with van der Waals surface area (Å²) in [6.07, 6.45) is 0.736. The Morgan fingerprint density at radius 1 is 1.38 bits per heavy atom. The molecule has 0 atom stereocenters. The van der Waals surface area contributed by atoms with E-state index >= 15 is 0 Å². The van der Waals surface area contributed by atoms with Crippen molar-refractivity contribution in [2.45, 2.75) is 6.42 Å². The lowest BCUT2D eigenvalue weighted by Crippen LogP contribution is -2.19. The van der Waals surface area contributed by atoms with Crippen LogP contribution < -0.4 is 5.32 Å². The van der Waals surface area contributed by atoms with E-state index in [0.29, 0.717) is 6.54 Å². The molecule has 1 radical (unpaired) electrons. The van der Waals surface area contributed by atoms with Gasteiger partial charge in [0.05, 0.1) is 6.61 Å². The number of aliphatic hydroxyl groups is 1. The zero-order chi connectivity index (χ0) is 6.24. The second-order valence-corrected chi connectivity index (χ2v) is 1.53. The highest BCUT2D eigenvalue weighted by Crippen LogP contribution is 1.69. The van der Waals surface area contributed by atoms with E-state index in [2.05, 4.69) is 5.32 Å². The average Bonchev–Trinajstić information content (AvgIpc) is 1.81. The summed E-state index contributed by atoms with van der Waals surface area (Å²) in [6, 6.07) is 0. The third kappa shape index (κ3) is 5.88. The van der Waals surface area contributed by atoms with E-state index in [1.807, 2.05) is 0 Å². The molecule has 0 aliphatic heterocycles. The summed E-state index contributed by atoms with van der Waals surface area (Å²) in [7, 11) is 0. The van der Waals surface area contributed by atoms with Crippen LogP contribution in [0.2, 0.25) is 0 Å². The smallest absolute Gasteiger partial charge is 0.0946 e. The van der Waals surface area contributed by atoms with Crippen molar-refractivity contribution in [1.82, 2.24) is 5.32 Å². The Labute approximate surface area is 49.3 Å². The summed E-state index contributed by atoms with van der Waals surface area (Å²) in [6.45, 7) is 1.38. The molecule has 8 heavy (non-hydrogen) atoms. The van der Waals surface area contributed by atoms with Gasteiger partial charge in [0.25, 0.3) is 0 Å². The third-order valence-electron chi connectivity index (χ3n) is 0.791. The molecule has 0 bridgehead atoms. The summed E-state index contributed by atoms with van der Waals surface area (Å²) >= 11 is 0. The summed E-state index contributed by atoms with van der Waals surface area (Å²) in [4.78, 5) is 0. The summed E-state index contributed by atoms with van der Waals surface area (Å²) < 4.78 is 0. The van der Waals surface area contributed by atoms with E-state index in [4.69, 9.17) is 5.11 Å². The number of nitrogens with one attached hydrogen (secondary N) is 1. The second kappa shape index (κ2) is 6.88. The largest absolute Gasteiger partial charge is 0.396 e. The van der Waals surface area contributed by atoms with Crippen LogP contribution in [0.4, 0.5) is 0 Å². The van der Waals surface area contributed by atoms with Crippen LogP contribution in [0.1, 0.15) is 6.42 Å². The van der Waals surface area contributed by atoms with Gasteiger partial charge in [-0.15, -0.1) is 0 Å². The van der Waals surface area contributed by atoms with Gasteiger partial charge in [0, 0.05) is 13.2 Å². The molecule has 0 saturated carbocycles. The fourth-order valence-electron chi connectivity index (χ4n) is 0.401. The van der Waals surface area contributed by atoms with E-state index in [1.54, 1.807) is 0 Å². The molecule has 0 aliphatic carbocycles. The average molecular weight is 118 g/mol. The van der Waals surface area contributed by atoms with E-state index in [-0.39, 0.29) is 13.2 Å². The molecule has 0 rings (SSSR count). The Hall–Kier alpha value is -0.120. The maximum Gasteiger partial charge on any atom is 0.0946 e. The quantitative estimate of drug-likeness (QED) is 0.473.